The number of alkyl halides is 3. The molecule has 0 spiro atoms. The number of rotatable bonds is 5. The van der Waals surface area contributed by atoms with Crippen molar-refractivity contribution < 1.29 is 18.0 Å². The molecule has 2 N–H and O–H groups in total. The second kappa shape index (κ2) is 9.16. The van der Waals surface area contributed by atoms with Crippen molar-refractivity contribution in [3.8, 4) is 0 Å². The van der Waals surface area contributed by atoms with Gasteiger partial charge in [0.15, 0.2) is 0 Å². The van der Waals surface area contributed by atoms with Crippen LogP contribution < -0.4 is 10.6 Å². The van der Waals surface area contributed by atoms with E-state index in [1.54, 1.807) is 36.4 Å². The molecule has 0 saturated carbocycles. The number of halogens is 3. The fraction of sp³-hybridized carbons (Fsp3) is 0.333. The maximum absolute atomic E-state index is 13.4. The number of carbonyl (C=O) groups excluding carboxylic acids is 1. The molecule has 1 amide bonds. The van der Waals surface area contributed by atoms with Gasteiger partial charge in [-0.15, -0.1) is 0 Å². The van der Waals surface area contributed by atoms with Crippen molar-refractivity contribution in [2.24, 2.45) is 0 Å². The van der Waals surface area contributed by atoms with Crippen LogP contribution in [-0.2, 0) is 6.18 Å². The SMILES string of the molecule is CCN1CCC[C@@H](NC(=O)c2ccccc2Nc2ccnc3c(C(F)(F)F)cccc23)C1. The molecular weight excluding hydrogens is 417 g/mol. The van der Waals surface area contributed by atoms with Gasteiger partial charge in [-0.3, -0.25) is 9.78 Å². The second-order valence-corrected chi connectivity index (χ2v) is 7.93. The minimum atomic E-state index is -4.50. The molecule has 4 rings (SSSR count). The van der Waals surface area contributed by atoms with Crippen molar-refractivity contribution in [3.05, 3.63) is 65.9 Å². The van der Waals surface area contributed by atoms with E-state index in [1.807, 2.05) is 0 Å². The number of hydrogen-bond acceptors (Lipinski definition) is 4. The van der Waals surface area contributed by atoms with E-state index in [0.29, 0.717) is 22.3 Å². The molecule has 1 aliphatic rings. The van der Waals surface area contributed by atoms with Crippen LogP contribution in [0.5, 0.6) is 0 Å². The number of hydrogen-bond donors (Lipinski definition) is 2. The molecule has 1 fully saturated rings. The van der Waals surface area contributed by atoms with Crippen molar-refractivity contribution >= 4 is 28.2 Å². The minimum Gasteiger partial charge on any atom is -0.354 e. The number of likely N-dealkylation sites (tertiary alicyclic amines) is 1. The molecule has 32 heavy (non-hydrogen) atoms. The normalized spacial score (nSPS) is 17.3. The van der Waals surface area contributed by atoms with E-state index in [9.17, 15) is 18.0 Å². The number of benzene rings is 2. The number of amides is 1. The topological polar surface area (TPSA) is 57.3 Å². The number of carbonyl (C=O) groups is 1. The van der Waals surface area contributed by atoms with Crippen LogP contribution in [0.1, 0.15) is 35.7 Å². The van der Waals surface area contributed by atoms with E-state index in [0.717, 1.165) is 38.5 Å². The number of piperidine rings is 1. The van der Waals surface area contributed by atoms with Gasteiger partial charge >= 0.3 is 6.18 Å². The molecule has 1 atom stereocenters. The number of anilines is 2. The van der Waals surface area contributed by atoms with Crippen LogP contribution in [0.15, 0.2) is 54.7 Å². The predicted octanol–water partition coefficient (Wildman–Crippen LogP) is 5.21. The summed E-state index contributed by atoms with van der Waals surface area (Å²) in [6.07, 6.45) is -1.21. The van der Waals surface area contributed by atoms with Gasteiger partial charge in [-0.1, -0.05) is 31.2 Å². The van der Waals surface area contributed by atoms with Gasteiger partial charge in [-0.25, -0.2) is 0 Å². The third kappa shape index (κ3) is 4.70. The molecule has 168 valence electrons. The zero-order valence-corrected chi connectivity index (χ0v) is 17.7. The van der Waals surface area contributed by atoms with Crippen LogP contribution in [0.3, 0.4) is 0 Å². The standard InChI is InChI=1S/C24H25F3N4O/c1-2-31-14-6-7-16(15-31)29-23(32)18-8-3-4-11-20(18)30-21-12-13-28-22-17(21)9-5-10-19(22)24(25,26)27/h3-5,8-13,16H,2,6-7,14-15H2,1H3,(H,28,30)(H,29,32)/t16-/m1/s1. The summed E-state index contributed by atoms with van der Waals surface area (Å²) in [5.41, 5.74) is 0.503. The Hall–Kier alpha value is -3.13. The molecule has 2 heterocycles. The zero-order chi connectivity index (χ0) is 22.7. The van der Waals surface area contributed by atoms with Crippen molar-refractivity contribution in [3.63, 3.8) is 0 Å². The fourth-order valence-electron chi connectivity index (χ4n) is 4.17. The monoisotopic (exact) mass is 442 g/mol. The highest BCUT2D eigenvalue weighted by atomic mass is 19.4. The summed E-state index contributed by atoms with van der Waals surface area (Å²) in [6, 6.07) is 12.6. The second-order valence-electron chi connectivity index (χ2n) is 7.93. The molecule has 0 radical (unpaired) electrons. The number of nitrogens with one attached hydrogen (secondary N) is 2. The molecule has 2 aromatic carbocycles. The Labute approximate surface area is 184 Å². The molecule has 1 aromatic heterocycles. The summed E-state index contributed by atoms with van der Waals surface area (Å²) in [7, 11) is 0. The number of para-hydroxylation sites is 2. The third-order valence-corrected chi connectivity index (χ3v) is 5.81. The lowest BCUT2D eigenvalue weighted by Gasteiger charge is -2.32. The summed E-state index contributed by atoms with van der Waals surface area (Å²) in [5.74, 6) is -0.203. The van der Waals surface area contributed by atoms with Crippen molar-refractivity contribution in [2.75, 3.05) is 25.0 Å². The number of aromatic nitrogens is 1. The Morgan fingerprint density at radius 3 is 2.72 bits per heavy atom. The van der Waals surface area contributed by atoms with Crippen LogP contribution >= 0.6 is 0 Å². The highest BCUT2D eigenvalue weighted by molar-refractivity contribution is 6.02. The van der Waals surface area contributed by atoms with E-state index in [2.05, 4.69) is 27.4 Å². The average molecular weight is 442 g/mol. The molecule has 5 nitrogen and oxygen atoms in total. The lowest BCUT2D eigenvalue weighted by atomic mass is 10.0. The molecule has 0 aliphatic carbocycles. The van der Waals surface area contributed by atoms with Gasteiger partial charge in [0.25, 0.3) is 5.91 Å². The Bertz CT molecular complexity index is 1120. The third-order valence-electron chi connectivity index (χ3n) is 5.81. The van der Waals surface area contributed by atoms with Crippen LogP contribution in [0.2, 0.25) is 0 Å². The Morgan fingerprint density at radius 2 is 1.94 bits per heavy atom. The Morgan fingerprint density at radius 1 is 1.12 bits per heavy atom. The first kappa shape index (κ1) is 22.1. The largest absolute Gasteiger partial charge is 0.418 e. The summed E-state index contributed by atoms with van der Waals surface area (Å²) in [6.45, 7) is 4.90. The van der Waals surface area contributed by atoms with E-state index in [4.69, 9.17) is 0 Å². The Balaban J connectivity index is 1.61. The quantitative estimate of drug-likeness (QED) is 0.570. The molecule has 1 aliphatic heterocycles. The fourth-order valence-corrected chi connectivity index (χ4v) is 4.17. The number of fused-ring (bicyclic) bond motifs is 1. The van der Waals surface area contributed by atoms with Crippen molar-refractivity contribution in [2.45, 2.75) is 32.0 Å². The van der Waals surface area contributed by atoms with E-state index >= 15 is 0 Å². The maximum atomic E-state index is 13.4. The van der Waals surface area contributed by atoms with E-state index in [-0.39, 0.29) is 17.5 Å². The summed E-state index contributed by atoms with van der Waals surface area (Å²) in [5, 5.41) is 6.60. The summed E-state index contributed by atoms with van der Waals surface area (Å²) in [4.78, 5) is 19.3. The van der Waals surface area contributed by atoms with Gasteiger partial charge in [0, 0.05) is 29.9 Å². The zero-order valence-electron chi connectivity index (χ0n) is 17.7. The van der Waals surface area contributed by atoms with Crippen molar-refractivity contribution in [1.82, 2.24) is 15.2 Å². The number of nitrogens with zero attached hydrogens (tertiary/aromatic N) is 2. The highest BCUT2D eigenvalue weighted by Crippen LogP contribution is 2.36. The molecule has 8 heteroatoms. The van der Waals surface area contributed by atoms with E-state index in [1.165, 1.54) is 12.3 Å². The van der Waals surface area contributed by atoms with Crippen LogP contribution in [0.4, 0.5) is 24.5 Å². The first-order chi connectivity index (χ1) is 15.4. The Kier molecular flexibility index (Phi) is 6.32. The summed E-state index contributed by atoms with van der Waals surface area (Å²) < 4.78 is 40.2. The maximum Gasteiger partial charge on any atom is 0.418 e. The molecule has 1 saturated heterocycles. The summed E-state index contributed by atoms with van der Waals surface area (Å²) >= 11 is 0. The van der Waals surface area contributed by atoms with Gasteiger partial charge in [0.1, 0.15) is 0 Å². The lowest BCUT2D eigenvalue weighted by Crippen LogP contribution is -2.47. The average Bonchev–Trinajstić information content (AvgIpc) is 2.78. The van der Waals surface area contributed by atoms with E-state index < -0.39 is 11.7 Å². The predicted molar refractivity (Wildman–Crippen MR) is 119 cm³/mol. The first-order valence-corrected chi connectivity index (χ1v) is 10.7. The van der Waals surface area contributed by atoms with Crippen LogP contribution in [0.25, 0.3) is 10.9 Å². The smallest absolute Gasteiger partial charge is 0.354 e. The van der Waals surface area contributed by atoms with Gasteiger partial charge in [0.2, 0.25) is 0 Å². The van der Waals surface area contributed by atoms with Crippen LogP contribution in [0, 0.1) is 0 Å². The number of pyridine rings is 1. The lowest BCUT2D eigenvalue weighted by molar-refractivity contribution is -0.136. The van der Waals surface area contributed by atoms with Gasteiger partial charge in [0.05, 0.1) is 22.3 Å². The first-order valence-electron chi connectivity index (χ1n) is 10.7. The molecule has 0 unspecified atom stereocenters. The molecular formula is C24H25F3N4O. The number of likely N-dealkylation sites (N-methyl/N-ethyl adjacent to an activating group) is 1. The highest BCUT2D eigenvalue weighted by Gasteiger charge is 2.33. The minimum absolute atomic E-state index is 0.0698. The van der Waals surface area contributed by atoms with Gasteiger partial charge < -0.3 is 15.5 Å². The molecule has 0 bridgehead atoms. The van der Waals surface area contributed by atoms with Crippen LogP contribution in [-0.4, -0.2) is 41.5 Å². The van der Waals surface area contributed by atoms with Gasteiger partial charge in [-0.05, 0) is 50.2 Å². The molecule has 3 aromatic rings. The van der Waals surface area contributed by atoms with Crippen molar-refractivity contribution in [1.29, 1.82) is 0 Å². The van der Waals surface area contributed by atoms with Gasteiger partial charge in [-0.2, -0.15) is 13.2 Å².